The Morgan fingerprint density at radius 1 is 1.24 bits per heavy atom. The third kappa shape index (κ3) is 3.18. The first-order chi connectivity index (χ1) is 12.0. The Kier molecular flexibility index (Phi) is 4.17. The maximum Gasteiger partial charge on any atom is 0.273 e. The van der Waals surface area contributed by atoms with Gasteiger partial charge in [0.1, 0.15) is 5.75 Å². The summed E-state index contributed by atoms with van der Waals surface area (Å²) >= 11 is 0. The highest BCUT2D eigenvalue weighted by molar-refractivity contribution is 6.05. The van der Waals surface area contributed by atoms with E-state index in [1.807, 2.05) is 30.3 Å². The quantitative estimate of drug-likeness (QED) is 0.431. The van der Waals surface area contributed by atoms with E-state index in [1.165, 1.54) is 18.3 Å². The molecule has 0 unspecified atom stereocenters. The zero-order valence-electron chi connectivity index (χ0n) is 13.2. The van der Waals surface area contributed by atoms with Gasteiger partial charge < -0.3 is 10.4 Å². The van der Waals surface area contributed by atoms with E-state index >= 15 is 0 Å². The van der Waals surface area contributed by atoms with E-state index < -0.39 is 10.8 Å². The molecule has 0 saturated carbocycles. The Morgan fingerprint density at radius 2 is 1.96 bits per heavy atom. The van der Waals surface area contributed by atoms with Crippen LogP contribution >= 0.6 is 0 Å². The summed E-state index contributed by atoms with van der Waals surface area (Å²) in [5.41, 5.74) is 1.61. The molecule has 0 aliphatic rings. The van der Waals surface area contributed by atoms with Crippen LogP contribution in [0.25, 0.3) is 5.69 Å². The highest BCUT2D eigenvalue weighted by Crippen LogP contribution is 2.28. The molecule has 25 heavy (non-hydrogen) atoms. The monoisotopic (exact) mass is 338 g/mol. The summed E-state index contributed by atoms with van der Waals surface area (Å²) in [4.78, 5) is 22.5. The fraction of sp³-hybridized carbons (Fsp3) is 0.0588. The molecule has 0 atom stereocenters. The van der Waals surface area contributed by atoms with Crippen molar-refractivity contribution in [2.75, 3.05) is 5.32 Å². The van der Waals surface area contributed by atoms with Crippen molar-refractivity contribution in [3.63, 3.8) is 0 Å². The summed E-state index contributed by atoms with van der Waals surface area (Å²) in [6, 6.07) is 12.8. The van der Waals surface area contributed by atoms with E-state index in [0.717, 1.165) is 11.8 Å². The SMILES string of the molecule is Cc1c(C(=O)Nc2ccc([N+](=O)[O-])cc2O)cnn1-c1ccccc1. The lowest BCUT2D eigenvalue weighted by Gasteiger charge is -2.08. The maximum absolute atomic E-state index is 12.4. The number of rotatable bonds is 4. The number of hydrogen-bond donors (Lipinski definition) is 2. The van der Waals surface area contributed by atoms with Crippen molar-refractivity contribution >= 4 is 17.3 Å². The molecule has 1 heterocycles. The molecular formula is C17H14N4O4. The van der Waals surface area contributed by atoms with E-state index in [2.05, 4.69) is 10.4 Å². The van der Waals surface area contributed by atoms with Crippen molar-refractivity contribution in [3.8, 4) is 11.4 Å². The molecule has 126 valence electrons. The van der Waals surface area contributed by atoms with Gasteiger partial charge in [-0.25, -0.2) is 4.68 Å². The number of carbonyl (C=O) groups is 1. The molecule has 2 N–H and O–H groups in total. The van der Waals surface area contributed by atoms with Crippen molar-refractivity contribution in [2.24, 2.45) is 0 Å². The van der Waals surface area contributed by atoms with E-state index in [4.69, 9.17) is 0 Å². The Bertz CT molecular complexity index is 951. The summed E-state index contributed by atoms with van der Waals surface area (Å²) in [5, 5.41) is 27.3. The van der Waals surface area contributed by atoms with Crippen molar-refractivity contribution in [2.45, 2.75) is 6.92 Å². The third-order valence-electron chi connectivity index (χ3n) is 3.70. The second-order valence-electron chi connectivity index (χ2n) is 5.30. The van der Waals surface area contributed by atoms with Gasteiger partial charge in [0.25, 0.3) is 11.6 Å². The molecule has 0 radical (unpaired) electrons. The predicted molar refractivity (Wildman–Crippen MR) is 91.0 cm³/mol. The average molecular weight is 338 g/mol. The van der Waals surface area contributed by atoms with Crippen molar-refractivity contribution in [1.29, 1.82) is 0 Å². The van der Waals surface area contributed by atoms with Crippen LogP contribution in [-0.4, -0.2) is 25.7 Å². The van der Waals surface area contributed by atoms with E-state index in [1.54, 1.807) is 11.6 Å². The molecule has 0 aliphatic carbocycles. The molecule has 1 aromatic heterocycles. The molecule has 0 fully saturated rings. The largest absolute Gasteiger partial charge is 0.506 e. The highest BCUT2D eigenvalue weighted by Gasteiger charge is 2.17. The molecule has 8 nitrogen and oxygen atoms in total. The average Bonchev–Trinajstić information content (AvgIpc) is 2.99. The lowest BCUT2D eigenvalue weighted by molar-refractivity contribution is -0.384. The highest BCUT2D eigenvalue weighted by atomic mass is 16.6. The Labute approximate surface area is 142 Å². The van der Waals surface area contributed by atoms with Gasteiger partial charge in [-0.3, -0.25) is 14.9 Å². The number of amides is 1. The first kappa shape index (κ1) is 16.2. The van der Waals surface area contributed by atoms with Gasteiger partial charge in [-0.1, -0.05) is 18.2 Å². The van der Waals surface area contributed by atoms with Crippen LogP contribution in [0.15, 0.2) is 54.7 Å². The summed E-state index contributed by atoms with van der Waals surface area (Å²) in [6.45, 7) is 1.75. The topological polar surface area (TPSA) is 110 Å². The first-order valence-corrected chi connectivity index (χ1v) is 7.36. The number of aromatic nitrogens is 2. The van der Waals surface area contributed by atoms with E-state index in [0.29, 0.717) is 11.3 Å². The lowest BCUT2D eigenvalue weighted by atomic mass is 10.2. The number of non-ortho nitro benzene ring substituents is 1. The van der Waals surface area contributed by atoms with Crippen LogP contribution < -0.4 is 5.32 Å². The van der Waals surface area contributed by atoms with Crippen LogP contribution in [0.2, 0.25) is 0 Å². The minimum Gasteiger partial charge on any atom is -0.506 e. The number of para-hydroxylation sites is 1. The summed E-state index contributed by atoms with van der Waals surface area (Å²) in [7, 11) is 0. The molecule has 0 saturated heterocycles. The second kappa shape index (κ2) is 6.44. The van der Waals surface area contributed by atoms with E-state index in [9.17, 15) is 20.0 Å². The number of aromatic hydroxyl groups is 1. The molecule has 0 bridgehead atoms. The number of nitrogens with zero attached hydrogens (tertiary/aromatic N) is 3. The molecule has 8 heteroatoms. The van der Waals surface area contributed by atoms with Gasteiger partial charge in [-0.2, -0.15) is 5.10 Å². The van der Waals surface area contributed by atoms with Crippen LogP contribution in [-0.2, 0) is 0 Å². The Morgan fingerprint density at radius 3 is 2.60 bits per heavy atom. The Balaban J connectivity index is 1.85. The van der Waals surface area contributed by atoms with Gasteiger partial charge in [0, 0.05) is 6.07 Å². The number of hydrogen-bond acceptors (Lipinski definition) is 5. The lowest BCUT2D eigenvalue weighted by Crippen LogP contribution is -2.13. The van der Waals surface area contributed by atoms with Gasteiger partial charge >= 0.3 is 0 Å². The van der Waals surface area contributed by atoms with Crippen molar-refractivity contribution < 1.29 is 14.8 Å². The number of nitro groups is 1. The van der Waals surface area contributed by atoms with Crippen molar-refractivity contribution in [3.05, 3.63) is 76.1 Å². The van der Waals surface area contributed by atoms with E-state index in [-0.39, 0.29) is 17.1 Å². The number of anilines is 1. The number of benzene rings is 2. The van der Waals surface area contributed by atoms with Gasteiger partial charge in [-0.15, -0.1) is 0 Å². The van der Waals surface area contributed by atoms with Gasteiger partial charge in [0.15, 0.2) is 0 Å². The van der Waals surface area contributed by atoms with Crippen LogP contribution in [0.1, 0.15) is 16.1 Å². The molecule has 3 rings (SSSR count). The van der Waals surface area contributed by atoms with Crippen LogP contribution in [0.3, 0.4) is 0 Å². The number of nitrogens with one attached hydrogen (secondary N) is 1. The number of phenols is 1. The maximum atomic E-state index is 12.4. The summed E-state index contributed by atoms with van der Waals surface area (Å²) in [6.07, 6.45) is 1.43. The van der Waals surface area contributed by atoms with Crippen LogP contribution in [0, 0.1) is 17.0 Å². The number of phenolic OH excluding ortho intramolecular Hbond substituents is 1. The fourth-order valence-electron chi connectivity index (χ4n) is 2.39. The molecule has 3 aromatic rings. The minimum atomic E-state index is -0.626. The zero-order chi connectivity index (χ0) is 18.0. The summed E-state index contributed by atoms with van der Waals surface area (Å²) < 4.78 is 1.63. The van der Waals surface area contributed by atoms with Crippen molar-refractivity contribution in [1.82, 2.24) is 9.78 Å². The Hall–Kier alpha value is -3.68. The first-order valence-electron chi connectivity index (χ1n) is 7.36. The molecule has 0 aliphatic heterocycles. The number of nitro benzene ring substituents is 1. The van der Waals surface area contributed by atoms with Gasteiger partial charge in [0.05, 0.1) is 39.8 Å². The summed E-state index contributed by atoms with van der Waals surface area (Å²) in [5.74, 6) is -0.848. The molecule has 0 spiro atoms. The standard InChI is InChI=1S/C17H14N4O4/c1-11-14(10-18-20(11)12-5-3-2-4-6-12)17(23)19-15-8-7-13(21(24)25)9-16(15)22/h2-10,22H,1H3,(H,19,23). The van der Waals surface area contributed by atoms with Gasteiger partial charge in [0.2, 0.25) is 0 Å². The second-order valence-corrected chi connectivity index (χ2v) is 5.30. The zero-order valence-corrected chi connectivity index (χ0v) is 13.2. The molecular weight excluding hydrogens is 324 g/mol. The normalized spacial score (nSPS) is 10.4. The minimum absolute atomic E-state index is 0.0856. The predicted octanol–water partition coefficient (Wildman–Crippen LogP) is 3.05. The van der Waals surface area contributed by atoms with Crippen LogP contribution in [0.4, 0.5) is 11.4 Å². The molecule has 1 amide bonds. The molecule has 2 aromatic carbocycles. The smallest absolute Gasteiger partial charge is 0.273 e. The fourth-order valence-corrected chi connectivity index (χ4v) is 2.39. The third-order valence-corrected chi connectivity index (χ3v) is 3.70. The van der Waals surface area contributed by atoms with Gasteiger partial charge in [-0.05, 0) is 25.1 Å². The number of carbonyl (C=O) groups excluding carboxylic acids is 1. The van der Waals surface area contributed by atoms with Crippen LogP contribution in [0.5, 0.6) is 5.75 Å².